The smallest absolute Gasteiger partial charge is 0.360 e. The molecule has 8 unspecified atom stereocenters. The van der Waals surface area contributed by atoms with Crippen LogP contribution in [0.25, 0.3) is 0 Å². The van der Waals surface area contributed by atoms with Crippen LogP contribution >= 0.6 is 34.8 Å². The molecule has 0 bridgehead atoms. The minimum atomic E-state index is -2.42. The summed E-state index contributed by atoms with van der Waals surface area (Å²) in [5.74, 6) is -2.91. The molecule has 0 aromatic heterocycles. The lowest BCUT2D eigenvalue weighted by molar-refractivity contribution is -0.363. The van der Waals surface area contributed by atoms with Gasteiger partial charge in [0.1, 0.15) is 30.5 Å². The van der Waals surface area contributed by atoms with Crippen LogP contribution in [0, 0.1) is 11.8 Å². The van der Waals surface area contributed by atoms with Gasteiger partial charge in [-0.15, -0.1) is 0 Å². The number of benzene rings is 4. The Morgan fingerprint density at radius 2 is 1.09 bits per heavy atom. The second kappa shape index (κ2) is 23.3. The summed E-state index contributed by atoms with van der Waals surface area (Å²) in [5, 5.41) is 0. The largest absolute Gasteiger partial charge is 0.430 e. The van der Waals surface area contributed by atoms with Crippen LogP contribution in [0.15, 0.2) is 121 Å². The van der Waals surface area contributed by atoms with Crippen LogP contribution in [-0.2, 0) is 88.1 Å². The standard InChI is InChI=1S/C52H61Cl3O13/c1-32-39(30-57-26-35-18-10-6-11-19-35)63-48(66-50(56)52(53,54)55)45(42(32)60-29-38-24-16-9-17-25-38)65-49-46-44(67-51(4,5)68-46)43(34(3)62-49)64-47-33(2)41(59-28-37-22-14-8-15-23-37)40(31-61-47)58-27-36-20-12-7-13-21-36/h6-25,32-34,39-49H,26-31H2,1-5H3/t32?,33?,34?,39-,40-,41?,42?,43+,44?,45?,46?,47+,48-,49+/m1/s1. The van der Waals surface area contributed by atoms with E-state index >= 15 is 0 Å². The molecule has 68 heavy (non-hydrogen) atoms. The van der Waals surface area contributed by atoms with Gasteiger partial charge in [-0.1, -0.05) is 170 Å². The Labute approximate surface area is 413 Å². The molecule has 4 aromatic rings. The van der Waals surface area contributed by atoms with Crippen molar-refractivity contribution >= 4 is 40.8 Å². The summed E-state index contributed by atoms with van der Waals surface area (Å²) in [6, 6.07) is 39.4. The predicted octanol–water partition coefficient (Wildman–Crippen LogP) is 9.26. The predicted molar refractivity (Wildman–Crippen MR) is 252 cm³/mol. The Kier molecular flexibility index (Phi) is 17.6. The van der Waals surface area contributed by atoms with Crippen LogP contribution in [-0.4, -0.2) is 103 Å². The van der Waals surface area contributed by atoms with Gasteiger partial charge < -0.3 is 56.8 Å². The molecular weight excluding hydrogens is 939 g/mol. The van der Waals surface area contributed by atoms with E-state index < -0.39 is 77.1 Å². The van der Waals surface area contributed by atoms with E-state index in [0.29, 0.717) is 19.8 Å². The van der Waals surface area contributed by atoms with E-state index in [-0.39, 0.29) is 43.9 Å². The van der Waals surface area contributed by atoms with Gasteiger partial charge in [-0.05, 0) is 43.0 Å². The molecule has 4 fully saturated rings. The molecule has 4 heterocycles. The molecule has 4 saturated heterocycles. The van der Waals surface area contributed by atoms with Crippen LogP contribution in [0.3, 0.4) is 0 Å². The summed E-state index contributed by atoms with van der Waals surface area (Å²) in [6.07, 6.45) is -9.48. The molecule has 14 atom stereocenters. The maximum Gasteiger partial charge on any atom is 0.360 e. The molecular formula is C52H61Cl3O13. The number of carbonyl (C=O) groups excluding carboxylic acids is 1. The normalized spacial score (nSPS) is 32.6. The number of hydrogen-bond acceptors (Lipinski definition) is 13. The minimum Gasteiger partial charge on any atom is -0.430 e. The fraction of sp³-hybridized carbons (Fsp3) is 0.519. The van der Waals surface area contributed by atoms with Crippen molar-refractivity contribution in [1.82, 2.24) is 0 Å². The molecule has 0 aliphatic carbocycles. The topological polar surface area (TPSA) is 128 Å². The van der Waals surface area contributed by atoms with Crippen molar-refractivity contribution in [2.45, 2.75) is 144 Å². The van der Waals surface area contributed by atoms with Gasteiger partial charge in [-0.2, -0.15) is 0 Å². The van der Waals surface area contributed by atoms with E-state index in [1.165, 1.54) is 0 Å². The van der Waals surface area contributed by atoms with Crippen LogP contribution in [0.5, 0.6) is 0 Å². The second-order valence-electron chi connectivity index (χ2n) is 18.2. The van der Waals surface area contributed by atoms with Gasteiger partial charge in [0.2, 0.25) is 6.29 Å². The monoisotopic (exact) mass is 998 g/mol. The number of fused-ring (bicyclic) bond motifs is 1. The van der Waals surface area contributed by atoms with Gasteiger partial charge in [0.05, 0.1) is 64.1 Å². The summed E-state index contributed by atoms with van der Waals surface area (Å²) in [5.41, 5.74) is 3.97. The van der Waals surface area contributed by atoms with Crippen molar-refractivity contribution in [3.63, 3.8) is 0 Å². The molecule has 8 rings (SSSR count). The van der Waals surface area contributed by atoms with Crippen LogP contribution in [0.2, 0.25) is 0 Å². The van der Waals surface area contributed by atoms with Gasteiger partial charge in [0.15, 0.2) is 18.4 Å². The fourth-order valence-electron chi connectivity index (χ4n) is 9.08. The number of hydrogen-bond donors (Lipinski definition) is 0. The molecule has 368 valence electrons. The first-order chi connectivity index (χ1) is 32.7. The van der Waals surface area contributed by atoms with Crippen molar-refractivity contribution < 1.29 is 61.6 Å². The van der Waals surface area contributed by atoms with Crippen LogP contribution in [0.1, 0.15) is 56.9 Å². The minimum absolute atomic E-state index is 0.126. The number of alkyl halides is 3. The summed E-state index contributed by atoms with van der Waals surface area (Å²) >= 11 is 18.2. The maximum absolute atomic E-state index is 13.3. The summed E-state index contributed by atoms with van der Waals surface area (Å²) < 4.78 is 76.1. The number of esters is 1. The number of carbonyl (C=O) groups is 1. The molecule has 4 aliphatic rings. The number of ether oxygens (including phenoxy) is 12. The highest BCUT2D eigenvalue weighted by Crippen LogP contribution is 2.43. The van der Waals surface area contributed by atoms with Gasteiger partial charge in [0.25, 0.3) is 3.79 Å². The molecule has 0 N–H and O–H groups in total. The van der Waals surface area contributed by atoms with Crippen molar-refractivity contribution in [1.29, 1.82) is 0 Å². The average molecular weight is 1000 g/mol. The zero-order valence-electron chi connectivity index (χ0n) is 38.8. The molecule has 0 saturated carbocycles. The van der Waals surface area contributed by atoms with Gasteiger partial charge in [-0.25, -0.2) is 4.79 Å². The van der Waals surface area contributed by atoms with E-state index in [1.54, 1.807) is 0 Å². The van der Waals surface area contributed by atoms with Crippen molar-refractivity contribution in [2.75, 3.05) is 13.2 Å². The lowest BCUT2D eigenvalue weighted by Crippen LogP contribution is -2.63. The molecule has 0 amide bonds. The fourth-order valence-corrected chi connectivity index (χ4v) is 9.22. The maximum atomic E-state index is 13.3. The van der Waals surface area contributed by atoms with Gasteiger partial charge in [0, 0.05) is 11.8 Å². The zero-order valence-corrected chi connectivity index (χ0v) is 41.1. The highest BCUT2D eigenvalue weighted by molar-refractivity contribution is 6.75. The first-order valence-corrected chi connectivity index (χ1v) is 24.3. The third-order valence-electron chi connectivity index (χ3n) is 12.6. The van der Waals surface area contributed by atoms with E-state index in [9.17, 15) is 4.79 Å². The van der Waals surface area contributed by atoms with Crippen molar-refractivity contribution in [3.05, 3.63) is 144 Å². The van der Waals surface area contributed by atoms with Crippen LogP contribution < -0.4 is 0 Å². The lowest BCUT2D eigenvalue weighted by Gasteiger charge is -2.48. The Bertz CT molecular complexity index is 2150. The van der Waals surface area contributed by atoms with Crippen molar-refractivity contribution in [2.24, 2.45) is 11.8 Å². The van der Waals surface area contributed by atoms with Crippen molar-refractivity contribution in [3.8, 4) is 0 Å². The highest BCUT2D eigenvalue weighted by atomic mass is 35.6. The summed E-state index contributed by atoms with van der Waals surface area (Å²) in [4.78, 5) is 13.3. The van der Waals surface area contributed by atoms with E-state index in [1.807, 2.05) is 156 Å². The first kappa shape index (κ1) is 51.1. The van der Waals surface area contributed by atoms with E-state index in [4.69, 9.17) is 91.6 Å². The first-order valence-electron chi connectivity index (χ1n) is 23.2. The second-order valence-corrected chi connectivity index (χ2v) is 20.5. The average Bonchev–Trinajstić information content (AvgIpc) is 3.66. The quantitative estimate of drug-likeness (QED) is 0.0695. The molecule has 4 aliphatic heterocycles. The molecule has 0 spiro atoms. The Hall–Kier alpha value is -3.22. The zero-order chi connectivity index (χ0) is 47.8. The third-order valence-corrected chi connectivity index (χ3v) is 13.1. The lowest BCUT2D eigenvalue weighted by atomic mass is 9.90. The SMILES string of the molecule is CC1C(OCc2ccccc2)[C@H](OCc2ccccc2)CO[C@H]1O[C@H]1C(C)O[C@@H](OC2C(OCc3ccccc3)C(C)[C@@H](COCc3ccccc3)O[C@@H]2OC(=O)C(Cl)(Cl)Cl)C2OC(C)(C)OC21. The van der Waals surface area contributed by atoms with Gasteiger partial charge >= 0.3 is 5.97 Å². The highest BCUT2D eigenvalue weighted by Gasteiger charge is 2.59. The summed E-state index contributed by atoms with van der Waals surface area (Å²) in [7, 11) is 0. The Balaban J connectivity index is 1.02. The Morgan fingerprint density at radius 3 is 1.65 bits per heavy atom. The Morgan fingerprint density at radius 1 is 0.588 bits per heavy atom. The molecule has 4 aromatic carbocycles. The number of rotatable bonds is 18. The number of halogens is 3. The molecule has 13 nitrogen and oxygen atoms in total. The molecule has 0 radical (unpaired) electrons. The molecule has 16 heteroatoms. The van der Waals surface area contributed by atoms with E-state index in [0.717, 1.165) is 22.3 Å². The van der Waals surface area contributed by atoms with E-state index in [2.05, 4.69) is 0 Å². The third kappa shape index (κ3) is 13.2. The van der Waals surface area contributed by atoms with Gasteiger partial charge in [-0.3, -0.25) is 0 Å². The summed E-state index contributed by atoms with van der Waals surface area (Å²) in [6.45, 7) is 11.1. The van der Waals surface area contributed by atoms with Crippen LogP contribution in [0.4, 0.5) is 0 Å².